The van der Waals surface area contributed by atoms with Crippen LogP contribution in [0.15, 0.2) is 60.0 Å². The van der Waals surface area contributed by atoms with E-state index in [4.69, 9.17) is 9.73 Å². The average Bonchev–Trinajstić information content (AvgIpc) is 3.45. The molecule has 10 heteroatoms. The van der Waals surface area contributed by atoms with Crippen molar-refractivity contribution in [3.8, 4) is 11.6 Å². The summed E-state index contributed by atoms with van der Waals surface area (Å²) in [5.74, 6) is 0.704. The Morgan fingerprint density at radius 1 is 1.11 bits per heavy atom. The Balaban J connectivity index is 1.44. The van der Waals surface area contributed by atoms with Gasteiger partial charge in [0, 0.05) is 25.2 Å². The number of nitrogens with zero attached hydrogens (tertiary/aromatic N) is 6. The van der Waals surface area contributed by atoms with Crippen LogP contribution in [0, 0.1) is 6.92 Å². The summed E-state index contributed by atoms with van der Waals surface area (Å²) < 4.78 is 48.7. The molecule has 0 radical (unpaired) electrons. The van der Waals surface area contributed by atoms with E-state index in [0.29, 0.717) is 23.8 Å². The van der Waals surface area contributed by atoms with Crippen LogP contribution in [0.5, 0.6) is 5.88 Å². The highest BCUT2D eigenvalue weighted by molar-refractivity contribution is 5.91. The number of likely N-dealkylation sites (N-methyl/N-ethyl adjacent to an activating group) is 1. The Kier molecular flexibility index (Phi) is 6.53. The van der Waals surface area contributed by atoms with Crippen LogP contribution >= 0.6 is 0 Å². The molecule has 4 heterocycles. The number of hydrogen-bond donors (Lipinski definition) is 0. The SMILES string of the molecule is COc1nc(/C=C/C2N=C3[C@H](c4ccccc4C(F)(F)F)CC[C@H](C)N3N2C)ccc1-n1cnc(C)c1. The highest BCUT2D eigenvalue weighted by Crippen LogP contribution is 2.42. The third-order valence-electron chi connectivity index (χ3n) is 6.95. The minimum absolute atomic E-state index is 0.132. The molecule has 5 rings (SSSR count). The normalized spacial score (nSPS) is 22.4. The van der Waals surface area contributed by atoms with Crippen molar-refractivity contribution in [1.82, 2.24) is 24.6 Å². The van der Waals surface area contributed by atoms with Gasteiger partial charge >= 0.3 is 6.18 Å². The minimum Gasteiger partial charge on any atom is -0.479 e. The number of aromatic nitrogens is 3. The average molecular weight is 511 g/mol. The second kappa shape index (κ2) is 9.66. The lowest BCUT2D eigenvalue weighted by atomic mass is 9.85. The summed E-state index contributed by atoms with van der Waals surface area (Å²) in [6.07, 6.45) is 3.97. The molecule has 0 bridgehead atoms. The van der Waals surface area contributed by atoms with Gasteiger partial charge in [0.05, 0.1) is 30.4 Å². The van der Waals surface area contributed by atoms with E-state index in [9.17, 15) is 13.2 Å². The maximum Gasteiger partial charge on any atom is 0.416 e. The number of rotatable bonds is 5. The molecule has 0 amide bonds. The van der Waals surface area contributed by atoms with E-state index in [2.05, 4.69) is 16.9 Å². The molecule has 37 heavy (non-hydrogen) atoms. The first-order valence-corrected chi connectivity index (χ1v) is 12.2. The molecule has 2 aliphatic heterocycles. The number of piperidine rings is 1. The molecule has 7 nitrogen and oxygen atoms in total. The van der Waals surface area contributed by atoms with E-state index < -0.39 is 17.7 Å². The molecule has 1 fully saturated rings. The zero-order valence-electron chi connectivity index (χ0n) is 21.1. The first kappa shape index (κ1) is 25.0. The molecule has 194 valence electrons. The zero-order valence-corrected chi connectivity index (χ0v) is 21.1. The Bertz CT molecular complexity index is 1350. The number of benzene rings is 1. The molecule has 0 saturated carbocycles. The Hall–Kier alpha value is -3.66. The van der Waals surface area contributed by atoms with Crippen molar-refractivity contribution in [2.24, 2.45) is 4.99 Å². The van der Waals surface area contributed by atoms with Gasteiger partial charge in [-0.1, -0.05) is 18.2 Å². The van der Waals surface area contributed by atoms with Crippen molar-refractivity contribution in [1.29, 1.82) is 0 Å². The number of aliphatic imine (C=N–C) groups is 1. The smallest absolute Gasteiger partial charge is 0.416 e. The van der Waals surface area contributed by atoms with Crippen molar-refractivity contribution in [2.45, 2.75) is 51.0 Å². The molecule has 2 aliphatic rings. The molecule has 2 aromatic heterocycles. The van der Waals surface area contributed by atoms with Crippen LogP contribution in [0.2, 0.25) is 0 Å². The molecular weight excluding hydrogens is 481 g/mol. The number of halogens is 3. The summed E-state index contributed by atoms with van der Waals surface area (Å²) in [6, 6.07) is 9.75. The largest absolute Gasteiger partial charge is 0.479 e. The van der Waals surface area contributed by atoms with Crippen molar-refractivity contribution in [2.75, 3.05) is 14.2 Å². The van der Waals surface area contributed by atoms with Crippen molar-refractivity contribution >= 4 is 11.9 Å². The van der Waals surface area contributed by atoms with Crippen LogP contribution in [0.4, 0.5) is 13.2 Å². The number of methoxy groups -OCH3 is 1. The van der Waals surface area contributed by atoms with E-state index in [1.807, 2.05) is 59.0 Å². The van der Waals surface area contributed by atoms with Gasteiger partial charge in [0.15, 0.2) is 0 Å². The van der Waals surface area contributed by atoms with Gasteiger partial charge in [-0.2, -0.15) is 18.2 Å². The highest BCUT2D eigenvalue weighted by Gasteiger charge is 2.44. The van der Waals surface area contributed by atoms with Gasteiger partial charge in [-0.05, 0) is 62.6 Å². The lowest BCUT2D eigenvalue weighted by molar-refractivity contribution is -0.138. The first-order valence-electron chi connectivity index (χ1n) is 12.2. The third kappa shape index (κ3) is 4.73. The lowest BCUT2D eigenvalue weighted by Gasteiger charge is -2.41. The van der Waals surface area contributed by atoms with Crippen LogP contribution in [-0.2, 0) is 6.18 Å². The highest BCUT2D eigenvalue weighted by atomic mass is 19.4. The van der Waals surface area contributed by atoms with Gasteiger partial charge < -0.3 is 9.30 Å². The molecule has 1 saturated heterocycles. The second-order valence-electron chi connectivity index (χ2n) is 9.43. The van der Waals surface area contributed by atoms with E-state index >= 15 is 0 Å². The molecule has 3 atom stereocenters. The summed E-state index contributed by atoms with van der Waals surface area (Å²) in [4.78, 5) is 13.8. The van der Waals surface area contributed by atoms with Crippen molar-refractivity contribution < 1.29 is 17.9 Å². The number of hydrogen-bond acceptors (Lipinski definition) is 6. The molecule has 3 aromatic rings. The minimum atomic E-state index is -4.42. The predicted octanol–water partition coefficient (Wildman–Crippen LogP) is 5.47. The van der Waals surface area contributed by atoms with Crippen LogP contribution in [0.25, 0.3) is 11.8 Å². The summed E-state index contributed by atoms with van der Waals surface area (Å²) in [7, 11) is 3.48. The van der Waals surface area contributed by atoms with Gasteiger partial charge in [-0.25, -0.2) is 15.0 Å². The number of imidazole rings is 1. The fourth-order valence-electron chi connectivity index (χ4n) is 5.16. The van der Waals surface area contributed by atoms with Crippen LogP contribution in [0.3, 0.4) is 0 Å². The van der Waals surface area contributed by atoms with Crippen LogP contribution in [0.1, 0.15) is 48.2 Å². The summed E-state index contributed by atoms with van der Waals surface area (Å²) in [5.41, 5.74) is 2.03. The molecular formula is C27H29F3N6O. The number of alkyl halides is 3. The van der Waals surface area contributed by atoms with Gasteiger partial charge in [0.25, 0.3) is 0 Å². The van der Waals surface area contributed by atoms with Crippen molar-refractivity contribution in [3.63, 3.8) is 0 Å². The number of hydrazine groups is 1. The fraction of sp³-hybridized carbons (Fsp3) is 0.370. The number of amidine groups is 1. The number of fused-ring (bicyclic) bond motifs is 1. The van der Waals surface area contributed by atoms with E-state index in [1.165, 1.54) is 6.07 Å². The van der Waals surface area contributed by atoms with E-state index in [1.54, 1.807) is 25.6 Å². The van der Waals surface area contributed by atoms with Gasteiger partial charge in [0.1, 0.15) is 17.7 Å². The quantitative estimate of drug-likeness (QED) is 0.456. The van der Waals surface area contributed by atoms with Gasteiger partial charge in [0.2, 0.25) is 5.88 Å². The topological polar surface area (TPSA) is 58.8 Å². The number of ether oxygens (including phenoxy) is 1. The van der Waals surface area contributed by atoms with E-state index in [0.717, 1.165) is 23.9 Å². The Morgan fingerprint density at radius 3 is 2.59 bits per heavy atom. The zero-order chi connectivity index (χ0) is 26.3. The Labute approximate surface area is 213 Å². The van der Waals surface area contributed by atoms with Gasteiger partial charge in [-0.15, -0.1) is 0 Å². The van der Waals surface area contributed by atoms with Crippen LogP contribution in [-0.4, -0.2) is 56.8 Å². The molecule has 0 spiro atoms. The second-order valence-corrected chi connectivity index (χ2v) is 9.43. The molecule has 0 aliphatic carbocycles. The maximum atomic E-state index is 13.8. The number of aryl methyl sites for hydroxylation is 1. The predicted molar refractivity (Wildman–Crippen MR) is 135 cm³/mol. The molecule has 1 aromatic carbocycles. The maximum absolute atomic E-state index is 13.8. The van der Waals surface area contributed by atoms with Crippen LogP contribution < -0.4 is 4.74 Å². The summed E-state index contributed by atoms with van der Waals surface area (Å²) in [6.45, 7) is 3.99. The van der Waals surface area contributed by atoms with E-state index in [-0.39, 0.29) is 17.8 Å². The third-order valence-corrected chi connectivity index (χ3v) is 6.95. The van der Waals surface area contributed by atoms with Gasteiger partial charge in [-0.3, -0.25) is 5.01 Å². The Morgan fingerprint density at radius 2 is 1.89 bits per heavy atom. The summed E-state index contributed by atoms with van der Waals surface area (Å²) in [5, 5.41) is 4.02. The monoisotopic (exact) mass is 510 g/mol. The standard InChI is InChI=1S/C27H29F3N6O/c1-17-15-35(16-31-17)23-13-10-19(32-26(23)37-4)11-14-24-33-25-21(12-9-18(2)36(25)34(24)3)20-7-5-6-8-22(20)27(28,29)30/h5-8,10-11,13-16,18,21,24H,9,12H2,1-4H3/b14-11+/t18-,21-,24?/m0/s1. The number of pyridine rings is 1. The lowest BCUT2D eigenvalue weighted by Crippen LogP contribution is -2.51. The van der Waals surface area contributed by atoms with Crippen molar-refractivity contribution in [3.05, 3.63) is 77.5 Å². The molecule has 0 N–H and O–H groups in total. The fourth-order valence-corrected chi connectivity index (χ4v) is 5.16. The first-order chi connectivity index (χ1) is 17.7. The summed E-state index contributed by atoms with van der Waals surface area (Å²) >= 11 is 0. The molecule has 1 unspecified atom stereocenters.